The highest BCUT2D eigenvalue weighted by atomic mass is 19.4. The SMILES string of the molecule is CC(=O)NC1C(OCCOCCOCCOC(=O)CCC(CCC(=O)OCCOCCOCCOC2OC(COC(C)=O)C(OC(C)=O)C(C)C2NC(C)=O)(CC(=O)OCCOCCOCCOC2OC(COC(C)=O)C(OC(C)=O)C(C)C2NC(C)=O)NC(=O)C(F)(F)F)OC(COC(C)=O)C(OC(C)=O)C1C. The molecule has 4 N–H and O–H groups in total. The molecular weight excluding hydrogens is 1470 g/mol. The zero-order valence-corrected chi connectivity index (χ0v) is 63.6. The van der Waals surface area contributed by atoms with Gasteiger partial charge >= 0.3 is 65.8 Å². The minimum absolute atomic E-state index is 0.00192. The standard InChI is InChI=1S/C68H107F3N4O34/c1-39-57(72-42(4)76)63(107-51(36-101-45(7)79)60(39)104-48(10)82)98-32-26-92-20-17-89-23-29-95-54(85)13-15-67(75-66(88)68(69,70)71,35-56(87)97-31-25-91-19-22-94-28-34-100-65-59(74-44(6)78)41(3)62(106-50(12)84)53(109-65)38-103-47(9)81)16-14-55(86)96-30-24-90-18-21-93-27-33-99-64-58(73-43(5)77)40(2)61(105-49(11)83)52(108-64)37-102-46(8)80/h39-41,51-53,57-65H,13-38H2,1-12H3,(H,72,76)(H,73,77)(H,74,78)(H,75,88). The summed E-state index contributed by atoms with van der Waals surface area (Å²) in [5.74, 6) is -12.4. The molecule has 41 heteroatoms. The molecule has 0 spiro atoms. The largest absolute Gasteiger partial charge is 0.471 e. The zero-order valence-electron chi connectivity index (χ0n) is 63.6. The number of ether oxygens (including phenoxy) is 21. The van der Waals surface area contributed by atoms with Gasteiger partial charge in [0.15, 0.2) is 18.9 Å². The van der Waals surface area contributed by atoms with Gasteiger partial charge in [-0.3, -0.25) is 62.3 Å². The van der Waals surface area contributed by atoms with Crippen LogP contribution in [0.2, 0.25) is 0 Å². The third-order valence-electron chi connectivity index (χ3n) is 16.4. The lowest BCUT2D eigenvalue weighted by Crippen LogP contribution is -2.62. The van der Waals surface area contributed by atoms with Gasteiger partial charge in [0, 0.05) is 92.9 Å². The lowest BCUT2D eigenvalue weighted by molar-refractivity contribution is -0.264. The second-order valence-electron chi connectivity index (χ2n) is 25.4. The van der Waals surface area contributed by atoms with Crippen molar-refractivity contribution in [2.24, 2.45) is 17.8 Å². The molecule has 3 saturated heterocycles. The molecule has 0 aromatic heterocycles. The molecule has 0 saturated carbocycles. The van der Waals surface area contributed by atoms with Gasteiger partial charge in [0.05, 0.1) is 129 Å². The Bertz CT molecular complexity index is 2760. The lowest BCUT2D eigenvalue weighted by atomic mass is 9.84. The van der Waals surface area contributed by atoms with Crippen LogP contribution in [-0.2, 0) is 162 Å². The van der Waals surface area contributed by atoms with Crippen molar-refractivity contribution in [3.63, 3.8) is 0 Å². The molecule has 3 aliphatic heterocycles. The van der Waals surface area contributed by atoms with Crippen LogP contribution >= 0.6 is 0 Å². The molecule has 0 aromatic carbocycles. The number of amides is 4. The van der Waals surface area contributed by atoms with Crippen LogP contribution in [0.5, 0.6) is 0 Å². The van der Waals surface area contributed by atoms with Crippen molar-refractivity contribution in [3.05, 3.63) is 0 Å². The summed E-state index contributed by atoms with van der Waals surface area (Å²) in [4.78, 5) is 160. The first-order chi connectivity index (χ1) is 51.5. The summed E-state index contributed by atoms with van der Waals surface area (Å²) in [6.07, 6.45) is -18.2. The van der Waals surface area contributed by atoms with E-state index in [4.69, 9.17) is 99.5 Å². The van der Waals surface area contributed by atoms with Crippen molar-refractivity contribution in [2.45, 2.75) is 201 Å². The Morgan fingerprint density at radius 2 is 0.596 bits per heavy atom. The quantitative estimate of drug-likeness (QED) is 0.0359. The van der Waals surface area contributed by atoms with E-state index in [2.05, 4.69) is 16.0 Å². The Morgan fingerprint density at radius 3 is 0.844 bits per heavy atom. The fourth-order valence-corrected chi connectivity index (χ4v) is 11.4. The molecule has 15 unspecified atom stereocenters. The Morgan fingerprint density at radius 1 is 0.339 bits per heavy atom. The molecular formula is C68H107F3N4O34. The number of esters is 9. The molecule has 38 nitrogen and oxygen atoms in total. The highest BCUT2D eigenvalue weighted by Gasteiger charge is 2.51. The Labute approximate surface area is 628 Å². The number of alkyl halides is 3. The van der Waals surface area contributed by atoms with Gasteiger partial charge in [-0.2, -0.15) is 13.2 Å². The lowest BCUT2D eigenvalue weighted by Gasteiger charge is -2.44. The monoisotopic (exact) mass is 1580 g/mol. The third kappa shape index (κ3) is 38.8. The van der Waals surface area contributed by atoms with Gasteiger partial charge in [-0.25, -0.2) is 0 Å². The van der Waals surface area contributed by atoms with Crippen molar-refractivity contribution in [1.82, 2.24) is 21.3 Å². The number of rotatable bonds is 51. The molecule has 0 radical (unpaired) electrons. The van der Waals surface area contributed by atoms with E-state index in [0.717, 1.165) is 0 Å². The highest BCUT2D eigenvalue weighted by Crippen LogP contribution is 2.34. The van der Waals surface area contributed by atoms with Gasteiger partial charge < -0.3 is 121 Å². The van der Waals surface area contributed by atoms with Gasteiger partial charge in [-0.05, 0) is 12.8 Å². The topological polar surface area (TPSA) is 464 Å². The van der Waals surface area contributed by atoms with Gasteiger partial charge in [0.1, 0.15) is 76.3 Å². The van der Waals surface area contributed by atoms with E-state index < -0.39 is 219 Å². The summed E-state index contributed by atoms with van der Waals surface area (Å²) in [5, 5.41) is 10.00. The summed E-state index contributed by atoms with van der Waals surface area (Å²) < 4.78 is 158. The van der Waals surface area contributed by atoms with E-state index in [0.29, 0.717) is 0 Å². The number of carbonyl (C=O) groups excluding carboxylic acids is 13. The molecule has 0 aromatic rings. The maximum Gasteiger partial charge on any atom is 0.471 e. The summed E-state index contributed by atoms with van der Waals surface area (Å²) in [6.45, 7) is 12.9. The molecule has 3 heterocycles. The van der Waals surface area contributed by atoms with Gasteiger partial charge in [-0.1, -0.05) is 20.8 Å². The number of hydrogen-bond acceptors (Lipinski definition) is 34. The predicted octanol–water partition coefficient (Wildman–Crippen LogP) is 0.215. The minimum Gasteiger partial charge on any atom is -0.463 e. The van der Waals surface area contributed by atoms with Gasteiger partial charge in [-0.15, -0.1) is 0 Å². The fourth-order valence-electron chi connectivity index (χ4n) is 11.4. The molecule has 109 heavy (non-hydrogen) atoms. The molecule has 0 bridgehead atoms. The maximum atomic E-state index is 14.1. The summed E-state index contributed by atoms with van der Waals surface area (Å²) in [5.41, 5.74) is -2.29. The normalized spacial score (nSPS) is 24.4. The van der Waals surface area contributed by atoms with Crippen LogP contribution < -0.4 is 21.3 Å². The average Bonchev–Trinajstić information content (AvgIpc) is 0.805. The van der Waals surface area contributed by atoms with E-state index in [1.54, 1.807) is 26.1 Å². The van der Waals surface area contributed by atoms with Crippen LogP contribution in [0.25, 0.3) is 0 Å². The van der Waals surface area contributed by atoms with E-state index in [9.17, 15) is 75.5 Å². The smallest absolute Gasteiger partial charge is 0.463 e. The molecule has 3 fully saturated rings. The first kappa shape index (κ1) is 95.6. The van der Waals surface area contributed by atoms with E-state index in [1.165, 1.54) is 62.3 Å². The first-order valence-electron chi connectivity index (χ1n) is 35.4. The van der Waals surface area contributed by atoms with Crippen molar-refractivity contribution in [2.75, 3.05) is 139 Å². The van der Waals surface area contributed by atoms with E-state index in [1.807, 2.05) is 0 Å². The van der Waals surface area contributed by atoms with Crippen LogP contribution in [-0.4, -0.2) is 301 Å². The molecule has 4 amide bonds. The van der Waals surface area contributed by atoms with Crippen molar-refractivity contribution in [1.29, 1.82) is 0 Å². The van der Waals surface area contributed by atoms with Crippen molar-refractivity contribution >= 4 is 77.4 Å². The summed E-state index contributed by atoms with van der Waals surface area (Å²) in [7, 11) is 0. The van der Waals surface area contributed by atoms with Crippen molar-refractivity contribution in [3.8, 4) is 0 Å². The number of halogens is 3. The van der Waals surface area contributed by atoms with Crippen LogP contribution in [0, 0.1) is 17.8 Å². The summed E-state index contributed by atoms with van der Waals surface area (Å²) >= 11 is 0. The van der Waals surface area contributed by atoms with E-state index >= 15 is 0 Å². The van der Waals surface area contributed by atoms with Crippen LogP contribution in [0.4, 0.5) is 13.2 Å². The number of carbonyl (C=O) groups is 13. The first-order valence-corrected chi connectivity index (χ1v) is 35.4. The second kappa shape index (κ2) is 51.1. The minimum atomic E-state index is -5.52. The molecule has 3 aliphatic rings. The number of hydrogen-bond donors (Lipinski definition) is 4. The predicted molar refractivity (Wildman–Crippen MR) is 359 cm³/mol. The fraction of sp³-hybridized carbons (Fsp3) is 0.809. The Balaban J connectivity index is 1.59. The molecule has 0 aliphatic carbocycles. The molecule has 3 rings (SSSR count). The van der Waals surface area contributed by atoms with Crippen LogP contribution in [0.3, 0.4) is 0 Å². The van der Waals surface area contributed by atoms with Gasteiger partial charge in [0.25, 0.3) is 0 Å². The second-order valence-corrected chi connectivity index (χ2v) is 25.4. The van der Waals surface area contributed by atoms with Crippen LogP contribution in [0.15, 0.2) is 0 Å². The number of nitrogens with one attached hydrogen (secondary N) is 4. The Kier molecular flexibility index (Phi) is 44.8. The Hall–Kier alpha value is -7.58. The maximum absolute atomic E-state index is 14.1. The average molecular weight is 1580 g/mol. The summed E-state index contributed by atoms with van der Waals surface area (Å²) in [6, 6.07) is -2.39. The van der Waals surface area contributed by atoms with E-state index in [-0.39, 0.29) is 132 Å². The van der Waals surface area contributed by atoms with Crippen molar-refractivity contribution < 1.29 is 175 Å². The molecule has 15 atom stereocenters. The van der Waals surface area contributed by atoms with Gasteiger partial charge in [0.2, 0.25) is 17.7 Å². The third-order valence-corrected chi connectivity index (χ3v) is 16.4. The van der Waals surface area contributed by atoms with Crippen LogP contribution in [0.1, 0.15) is 115 Å². The highest BCUT2D eigenvalue weighted by molar-refractivity contribution is 5.84. The molecule has 624 valence electrons. The zero-order chi connectivity index (χ0) is 81.2.